The van der Waals surface area contributed by atoms with Gasteiger partial charge in [0.2, 0.25) is 16.9 Å². The fourth-order valence-corrected chi connectivity index (χ4v) is 3.27. The molecule has 0 bridgehead atoms. The van der Waals surface area contributed by atoms with Gasteiger partial charge in [-0.1, -0.05) is 18.2 Å². The lowest BCUT2D eigenvalue weighted by molar-refractivity contribution is -0.137. The maximum atomic E-state index is 13.0. The van der Waals surface area contributed by atoms with Crippen LogP contribution in [0.4, 0.5) is 18.9 Å². The van der Waals surface area contributed by atoms with E-state index in [4.69, 9.17) is 13.6 Å². The molecule has 2 aromatic carbocycles. The Hall–Kier alpha value is -3.53. The highest BCUT2D eigenvalue weighted by Crippen LogP contribution is 2.33. The molecule has 10 heteroatoms. The molecular weight excluding hydrogens is 495 g/mol. The molecule has 0 saturated carbocycles. The highest BCUT2D eigenvalue weighted by atomic mass is 79.9. The van der Waals surface area contributed by atoms with Crippen molar-refractivity contribution in [3.8, 4) is 17.3 Å². The molecule has 4 aromatic rings. The zero-order valence-electron chi connectivity index (χ0n) is 16.0. The van der Waals surface area contributed by atoms with Gasteiger partial charge in [0.05, 0.1) is 10.9 Å². The van der Waals surface area contributed by atoms with Gasteiger partial charge in [0, 0.05) is 5.69 Å². The Kier molecular flexibility index (Phi) is 5.79. The molecule has 0 unspecified atom stereocenters. The van der Waals surface area contributed by atoms with Crippen LogP contribution >= 0.6 is 15.9 Å². The average Bonchev–Trinajstić information content (AvgIpc) is 3.18. The molecule has 0 aliphatic rings. The van der Waals surface area contributed by atoms with Crippen molar-refractivity contribution in [2.45, 2.75) is 6.18 Å². The van der Waals surface area contributed by atoms with Crippen molar-refractivity contribution in [3.63, 3.8) is 0 Å². The molecule has 4 rings (SSSR count). The number of rotatable bonds is 5. The fourth-order valence-electron chi connectivity index (χ4n) is 2.96. The number of ether oxygens (including phenoxy) is 1. The van der Waals surface area contributed by atoms with E-state index in [0.717, 1.165) is 12.1 Å². The molecule has 32 heavy (non-hydrogen) atoms. The zero-order valence-corrected chi connectivity index (χ0v) is 17.6. The summed E-state index contributed by atoms with van der Waals surface area (Å²) in [6.07, 6.45) is -4.55. The van der Waals surface area contributed by atoms with Gasteiger partial charge in [-0.15, -0.1) is 0 Å². The molecule has 6 nitrogen and oxygen atoms in total. The molecule has 0 saturated heterocycles. The number of hydrogen-bond acceptors (Lipinski definition) is 5. The second-order valence-electron chi connectivity index (χ2n) is 6.60. The second-order valence-corrected chi connectivity index (χ2v) is 7.39. The maximum absolute atomic E-state index is 13.0. The first kappa shape index (κ1) is 21.7. The van der Waals surface area contributed by atoms with Gasteiger partial charge in [0.25, 0.3) is 5.91 Å². The number of nitrogens with one attached hydrogen (secondary N) is 1. The van der Waals surface area contributed by atoms with Crippen LogP contribution in [-0.4, -0.2) is 12.5 Å². The third-order valence-electron chi connectivity index (χ3n) is 4.37. The van der Waals surface area contributed by atoms with E-state index in [9.17, 15) is 22.8 Å². The molecule has 0 spiro atoms. The minimum atomic E-state index is -4.55. The topological polar surface area (TPSA) is 81.7 Å². The molecule has 0 aliphatic carbocycles. The number of alkyl halides is 3. The molecule has 0 radical (unpaired) electrons. The highest BCUT2D eigenvalue weighted by molar-refractivity contribution is 9.10. The third kappa shape index (κ3) is 4.54. The van der Waals surface area contributed by atoms with Gasteiger partial charge in [0.15, 0.2) is 17.0 Å². The van der Waals surface area contributed by atoms with Crippen molar-refractivity contribution in [2.24, 2.45) is 0 Å². The second kappa shape index (κ2) is 8.54. The van der Waals surface area contributed by atoms with Gasteiger partial charge >= 0.3 is 6.18 Å². The van der Waals surface area contributed by atoms with E-state index in [1.807, 2.05) is 0 Å². The Morgan fingerprint density at radius 3 is 2.53 bits per heavy atom. The van der Waals surface area contributed by atoms with Crippen LogP contribution in [0.15, 0.2) is 79.0 Å². The highest BCUT2D eigenvalue weighted by Gasteiger charge is 2.30. The van der Waals surface area contributed by atoms with Gasteiger partial charge in [-0.05, 0) is 58.4 Å². The van der Waals surface area contributed by atoms with E-state index in [0.29, 0.717) is 10.3 Å². The summed E-state index contributed by atoms with van der Waals surface area (Å²) in [5, 5.41) is 2.55. The number of benzene rings is 2. The van der Waals surface area contributed by atoms with Crippen molar-refractivity contribution in [3.05, 3.63) is 81.1 Å². The summed E-state index contributed by atoms with van der Waals surface area (Å²) in [5.74, 6) is -0.854. The lowest BCUT2D eigenvalue weighted by Gasteiger charge is -2.12. The summed E-state index contributed by atoms with van der Waals surface area (Å²) in [6.45, 7) is -0.645. The molecule has 1 N–H and O–H groups in total. The van der Waals surface area contributed by atoms with Crippen molar-refractivity contribution in [1.82, 2.24) is 0 Å². The summed E-state index contributed by atoms with van der Waals surface area (Å²) in [6, 6.07) is 13.8. The van der Waals surface area contributed by atoms with Crippen LogP contribution in [0.3, 0.4) is 0 Å². The molecule has 2 aromatic heterocycles. The Balaban J connectivity index is 1.61. The van der Waals surface area contributed by atoms with Gasteiger partial charge in [0.1, 0.15) is 5.58 Å². The zero-order chi connectivity index (χ0) is 22.9. The van der Waals surface area contributed by atoms with Crippen molar-refractivity contribution in [2.75, 3.05) is 11.9 Å². The van der Waals surface area contributed by atoms with E-state index in [1.54, 1.807) is 36.4 Å². The molecule has 1 amide bonds. The average molecular weight is 508 g/mol. The number of fused-ring (bicyclic) bond motifs is 1. The van der Waals surface area contributed by atoms with Crippen LogP contribution in [0.2, 0.25) is 0 Å². The van der Waals surface area contributed by atoms with E-state index >= 15 is 0 Å². The van der Waals surface area contributed by atoms with Crippen LogP contribution in [-0.2, 0) is 11.0 Å². The third-order valence-corrected chi connectivity index (χ3v) is 4.80. The lowest BCUT2D eigenvalue weighted by Crippen LogP contribution is -2.23. The molecule has 0 aliphatic heterocycles. The largest absolute Gasteiger partial charge is 0.476 e. The summed E-state index contributed by atoms with van der Waals surface area (Å²) >= 11 is 3.17. The molecule has 0 fully saturated rings. The van der Waals surface area contributed by atoms with E-state index in [1.165, 1.54) is 12.1 Å². The van der Waals surface area contributed by atoms with Crippen molar-refractivity contribution >= 4 is 38.5 Å². The minimum absolute atomic E-state index is 0.0220. The number of anilines is 1. The molecular formula is C22H13BrF3NO5. The quantitative estimate of drug-likeness (QED) is 0.366. The summed E-state index contributed by atoms with van der Waals surface area (Å²) in [7, 11) is 0. The summed E-state index contributed by atoms with van der Waals surface area (Å²) < 4.78 is 55.7. The Bertz CT molecular complexity index is 1360. The number of amides is 1. The summed E-state index contributed by atoms with van der Waals surface area (Å²) in [4.78, 5) is 25.3. The first-order chi connectivity index (χ1) is 15.2. The van der Waals surface area contributed by atoms with Crippen molar-refractivity contribution < 1.29 is 31.5 Å². The van der Waals surface area contributed by atoms with Gasteiger partial charge in [-0.25, -0.2) is 0 Å². The minimum Gasteiger partial charge on any atom is -0.476 e. The first-order valence-corrected chi connectivity index (χ1v) is 9.93. The number of carbonyl (C=O) groups is 1. The predicted octanol–water partition coefficient (Wildman–Crippen LogP) is 5.85. The Labute approximate surface area is 186 Å². The Morgan fingerprint density at radius 1 is 1.03 bits per heavy atom. The number of furan rings is 1. The molecule has 0 atom stereocenters. The van der Waals surface area contributed by atoms with Crippen LogP contribution in [0.25, 0.3) is 22.5 Å². The fraction of sp³-hybridized carbons (Fsp3) is 0.0909. The normalized spacial score (nSPS) is 11.5. The monoisotopic (exact) mass is 507 g/mol. The van der Waals surface area contributed by atoms with E-state index in [-0.39, 0.29) is 28.3 Å². The Morgan fingerprint density at radius 2 is 1.81 bits per heavy atom. The molecule has 2 heterocycles. The smallest absolute Gasteiger partial charge is 0.416 e. The summed E-state index contributed by atoms with van der Waals surface area (Å²) in [5.41, 5.74) is -1.20. The maximum Gasteiger partial charge on any atom is 0.416 e. The number of hydrogen-bond donors (Lipinski definition) is 1. The van der Waals surface area contributed by atoms with E-state index in [2.05, 4.69) is 21.2 Å². The number of halogens is 4. The van der Waals surface area contributed by atoms with E-state index < -0.39 is 29.7 Å². The lowest BCUT2D eigenvalue weighted by atomic mass is 10.2. The van der Waals surface area contributed by atoms with Gasteiger partial charge in [-0.2, -0.15) is 13.2 Å². The predicted molar refractivity (Wildman–Crippen MR) is 113 cm³/mol. The van der Waals surface area contributed by atoms with Gasteiger partial charge < -0.3 is 18.9 Å². The molecule has 164 valence electrons. The van der Waals surface area contributed by atoms with Crippen LogP contribution < -0.4 is 15.5 Å². The van der Waals surface area contributed by atoms with Gasteiger partial charge in [-0.3, -0.25) is 9.59 Å². The van der Waals surface area contributed by atoms with Crippen LogP contribution in [0, 0.1) is 0 Å². The SMILES string of the molecule is O=C(COc1c(-c2ccc(Br)o2)oc2ccccc2c1=O)Nc1cccc(C(F)(F)F)c1. The number of para-hydroxylation sites is 1. The van der Waals surface area contributed by atoms with Crippen molar-refractivity contribution in [1.29, 1.82) is 0 Å². The number of carbonyl (C=O) groups excluding carboxylic acids is 1. The first-order valence-electron chi connectivity index (χ1n) is 9.14. The van der Waals surface area contributed by atoms with Crippen LogP contribution in [0.1, 0.15) is 5.56 Å². The van der Waals surface area contributed by atoms with Crippen LogP contribution in [0.5, 0.6) is 5.75 Å². The standard InChI is InChI=1S/C22H13BrF3NO5/c23-17-9-8-16(31-17)20-21(19(29)14-6-1-2-7-15(14)32-20)30-11-18(28)27-13-5-3-4-12(10-13)22(24,25)26/h1-10H,11H2,(H,27,28).